The van der Waals surface area contributed by atoms with Gasteiger partial charge in [-0.25, -0.2) is 0 Å². The molecule has 0 unspecified atom stereocenters. The summed E-state index contributed by atoms with van der Waals surface area (Å²) in [5.41, 5.74) is 0.816. The predicted octanol–water partition coefficient (Wildman–Crippen LogP) is 3.58. The molecule has 0 aliphatic heterocycles. The van der Waals surface area contributed by atoms with Gasteiger partial charge in [-0.3, -0.25) is 4.79 Å². The quantitative estimate of drug-likeness (QED) is 0.648. The average Bonchev–Trinajstić information content (AvgIpc) is 2.24. The molecule has 0 heterocycles. The fourth-order valence-corrected chi connectivity index (χ4v) is 1.70. The zero-order valence-corrected chi connectivity index (χ0v) is 10.6. The maximum absolute atomic E-state index is 11.5. The molecule has 84 valence electrons. The van der Waals surface area contributed by atoms with Crippen molar-refractivity contribution < 1.29 is 4.79 Å². The van der Waals surface area contributed by atoms with Crippen LogP contribution in [0.4, 0.5) is 5.69 Å². The summed E-state index contributed by atoms with van der Waals surface area (Å²) < 4.78 is 0.956. The van der Waals surface area contributed by atoms with Gasteiger partial charge in [0.2, 0.25) is 5.91 Å². The first-order valence-electron chi connectivity index (χ1n) is 5.21. The Balaban J connectivity index is 2.32. The lowest BCUT2D eigenvalue weighted by molar-refractivity contribution is -0.116. The van der Waals surface area contributed by atoms with E-state index in [4.69, 9.17) is 6.42 Å². The lowest BCUT2D eigenvalue weighted by atomic mass is 10.2. The van der Waals surface area contributed by atoms with Gasteiger partial charge in [-0.1, -0.05) is 22.0 Å². The number of unbranched alkanes of at least 4 members (excludes halogenated alkanes) is 2. The van der Waals surface area contributed by atoms with Crippen molar-refractivity contribution in [3.05, 3.63) is 28.7 Å². The third kappa shape index (κ3) is 4.99. The number of benzene rings is 1. The molecule has 0 radical (unpaired) electrons. The van der Waals surface area contributed by atoms with Crippen molar-refractivity contribution in [1.82, 2.24) is 0 Å². The van der Waals surface area contributed by atoms with Gasteiger partial charge in [0.15, 0.2) is 0 Å². The largest absolute Gasteiger partial charge is 0.326 e. The highest BCUT2D eigenvalue weighted by Crippen LogP contribution is 2.16. The van der Waals surface area contributed by atoms with Crippen LogP contribution in [0.3, 0.4) is 0 Å². The van der Waals surface area contributed by atoms with Gasteiger partial charge in [0.05, 0.1) is 0 Å². The fourth-order valence-electron chi connectivity index (χ4n) is 1.30. The van der Waals surface area contributed by atoms with Crippen LogP contribution in [-0.2, 0) is 4.79 Å². The number of amides is 1. The van der Waals surface area contributed by atoms with E-state index >= 15 is 0 Å². The molecule has 0 aliphatic carbocycles. The van der Waals surface area contributed by atoms with Crippen molar-refractivity contribution in [3.8, 4) is 12.3 Å². The van der Waals surface area contributed by atoms with E-state index in [2.05, 4.69) is 27.2 Å². The van der Waals surface area contributed by atoms with E-state index in [0.717, 1.165) is 29.4 Å². The van der Waals surface area contributed by atoms with Crippen molar-refractivity contribution >= 4 is 27.5 Å². The SMILES string of the molecule is C#CCCCCC(=O)Nc1cccc(Br)c1. The molecule has 0 aliphatic rings. The van der Waals surface area contributed by atoms with Gasteiger partial charge in [0.25, 0.3) is 0 Å². The monoisotopic (exact) mass is 279 g/mol. The number of hydrogen-bond donors (Lipinski definition) is 1. The highest BCUT2D eigenvalue weighted by molar-refractivity contribution is 9.10. The van der Waals surface area contributed by atoms with Crippen LogP contribution >= 0.6 is 15.9 Å². The summed E-state index contributed by atoms with van der Waals surface area (Å²) in [5.74, 6) is 2.60. The molecule has 0 fully saturated rings. The minimum atomic E-state index is 0.0371. The Kier molecular flexibility index (Phi) is 5.66. The van der Waals surface area contributed by atoms with Crippen LogP contribution in [-0.4, -0.2) is 5.91 Å². The first kappa shape index (κ1) is 12.8. The number of rotatable bonds is 5. The number of halogens is 1. The van der Waals surface area contributed by atoms with Gasteiger partial charge in [0, 0.05) is 23.0 Å². The second kappa shape index (κ2) is 7.08. The Morgan fingerprint density at radius 2 is 2.25 bits per heavy atom. The molecule has 1 aromatic rings. The van der Waals surface area contributed by atoms with Crippen molar-refractivity contribution in [1.29, 1.82) is 0 Å². The zero-order valence-electron chi connectivity index (χ0n) is 9.00. The summed E-state index contributed by atoms with van der Waals surface area (Å²) in [6.07, 6.45) is 8.13. The number of hydrogen-bond acceptors (Lipinski definition) is 1. The highest BCUT2D eigenvalue weighted by Gasteiger charge is 2.01. The summed E-state index contributed by atoms with van der Waals surface area (Å²) in [7, 11) is 0. The Morgan fingerprint density at radius 1 is 1.44 bits per heavy atom. The zero-order chi connectivity index (χ0) is 11.8. The first-order chi connectivity index (χ1) is 7.72. The van der Waals surface area contributed by atoms with Crippen LogP contribution in [0.1, 0.15) is 25.7 Å². The fraction of sp³-hybridized carbons (Fsp3) is 0.308. The van der Waals surface area contributed by atoms with Crippen molar-refractivity contribution in [2.24, 2.45) is 0 Å². The second-order valence-corrected chi connectivity index (χ2v) is 4.39. The maximum Gasteiger partial charge on any atom is 0.224 e. The van der Waals surface area contributed by atoms with Gasteiger partial charge < -0.3 is 5.32 Å². The predicted molar refractivity (Wildman–Crippen MR) is 70.1 cm³/mol. The van der Waals surface area contributed by atoms with E-state index in [1.165, 1.54) is 0 Å². The van der Waals surface area contributed by atoms with Gasteiger partial charge in [-0.2, -0.15) is 0 Å². The number of carbonyl (C=O) groups excluding carboxylic acids is 1. The Hall–Kier alpha value is -1.27. The molecule has 0 spiro atoms. The number of nitrogens with one attached hydrogen (secondary N) is 1. The number of carbonyl (C=O) groups is 1. The molecule has 1 aromatic carbocycles. The van der Waals surface area contributed by atoms with Crippen LogP contribution in [0, 0.1) is 12.3 Å². The molecule has 1 rings (SSSR count). The van der Waals surface area contributed by atoms with E-state index < -0.39 is 0 Å². The second-order valence-electron chi connectivity index (χ2n) is 3.47. The highest BCUT2D eigenvalue weighted by atomic mass is 79.9. The van der Waals surface area contributed by atoms with Gasteiger partial charge in [-0.05, 0) is 31.0 Å². The molecule has 0 bridgehead atoms. The van der Waals surface area contributed by atoms with Crippen molar-refractivity contribution in [2.75, 3.05) is 5.32 Å². The minimum absolute atomic E-state index is 0.0371. The topological polar surface area (TPSA) is 29.1 Å². The molecule has 3 heteroatoms. The molecule has 1 N–H and O–H groups in total. The van der Waals surface area contributed by atoms with E-state index in [9.17, 15) is 4.79 Å². The van der Waals surface area contributed by atoms with E-state index in [1.54, 1.807) is 0 Å². The molecular formula is C13H14BrNO. The van der Waals surface area contributed by atoms with Crippen LogP contribution < -0.4 is 5.32 Å². The molecular weight excluding hydrogens is 266 g/mol. The van der Waals surface area contributed by atoms with Gasteiger partial charge in [-0.15, -0.1) is 12.3 Å². The summed E-state index contributed by atoms with van der Waals surface area (Å²) in [6.45, 7) is 0. The molecule has 0 saturated carbocycles. The maximum atomic E-state index is 11.5. The molecule has 0 saturated heterocycles. The van der Waals surface area contributed by atoms with Crippen LogP contribution in [0.2, 0.25) is 0 Å². The Bertz CT molecular complexity index is 395. The standard InChI is InChI=1S/C13H14BrNO/c1-2-3-4-5-9-13(16)15-12-8-6-7-11(14)10-12/h1,6-8,10H,3-5,9H2,(H,15,16). The minimum Gasteiger partial charge on any atom is -0.326 e. The normalized spacial score (nSPS) is 9.50. The van der Waals surface area contributed by atoms with Gasteiger partial charge >= 0.3 is 0 Å². The molecule has 2 nitrogen and oxygen atoms in total. The van der Waals surface area contributed by atoms with Crippen molar-refractivity contribution in [3.63, 3.8) is 0 Å². The number of anilines is 1. The van der Waals surface area contributed by atoms with Crippen LogP contribution in [0.25, 0.3) is 0 Å². The summed E-state index contributed by atoms with van der Waals surface area (Å²) in [4.78, 5) is 11.5. The third-order valence-electron chi connectivity index (χ3n) is 2.08. The van der Waals surface area contributed by atoms with E-state index in [0.29, 0.717) is 6.42 Å². The third-order valence-corrected chi connectivity index (χ3v) is 2.58. The first-order valence-corrected chi connectivity index (χ1v) is 6.00. The van der Waals surface area contributed by atoms with Crippen LogP contribution in [0.5, 0.6) is 0 Å². The lowest BCUT2D eigenvalue weighted by Gasteiger charge is -2.04. The van der Waals surface area contributed by atoms with Crippen molar-refractivity contribution in [2.45, 2.75) is 25.7 Å². The summed E-state index contributed by atoms with van der Waals surface area (Å²) in [5, 5.41) is 2.84. The molecule has 1 amide bonds. The molecule has 16 heavy (non-hydrogen) atoms. The Labute approximate surface area is 105 Å². The van der Waals surface area contributed by atoms with Gasteiger partial charge in [0.1, 0.15) is 0 Å². The average molecular weight is 280 g/mol. The summed E-state index contributed by atoms with van der Waals surface area (Å²) >= 11 is 3.35. The van der Waals surface area contributed by atoms with Crippen LogP contribution in [0.15, 0.2) is 28.7 Å². The number of terminal acetylenes is 1. The molecule has 0 aromatic heterocycles. The lowest BCUT2D eigenvalue weighted by Crippen LogP contribution is -2.10. The molecule has 0 atom stereocenters. The summed E-state index contributed by atoms with van der Waals surface area (Å²) in [6, 6.07) is 7.55. The van der Waals surface area contributed by atoms with E-state index in [1.807, 2.05) is 24.3 Å². The smallest absolute Gasteiger partial charge is 0.224 e. The van der Waals surface area contributed by atoms with E-state index in [-0.39, 0.29) is 5.91 Å². The Morgan fingerprint density at radius 3 is 2.94 bits per heavy atom.